The average Bonchev–Trinajstić information content (AvgIpc) is 3.93. The Kier molecular flexibility index (Phi) is 23.8. The smallest absolute Gasteiger partial charge is 0.306 e. The fourth-order valence-electron chi connectivity index (χ4n) is 7.21. The van der Waals surface area contributed by atoms with Crippen LogP contribution in [0.15, 0.2) is 57.4 Å². The maximum absolute atomic E-state index is 5.98. The molecule has 0 saturated heterocycles. The van der Waals surface area contributed by atoms with Crippen LogP contribution in [0.5, 0.6) is 11.5 Å². The molecule has 0 N–H and O–H groups in total. The Morgan fingerprint density at radius 2 is 0.571 bits per heavy atom. The highest BCUT2D eigenvalue weighted by molar-refractivity contribution is 5.57. The molecular weight excluding hydrogens is 697 g/mol. The molecule has 0 atom stereocenters. The van der Waals surface area contributed by atoms with Gasteiger partial charge in [-0.05, 0) is 61.4 Å². The second-order valence-electron chi connectivity index (χ2n) is 15.8. The van der Waals surface area contributed by atoms with Gasteiger partial charge in [-0.3, -0.25) is 0 Å². The highest BCUT2D eigenvalue weighted by Crippen LogP contribution is 2.28. The summed E-state index contributed by atoms with van der Waals surface area (Å²) in [6, 6.07) is 15.5. The average molecular weight is 771 g/mol. The Labute approximate surface area is 339 Å². The molecule has 2 aromatic carbocycles. The summed E-state index contributed by atoms with van der Waals surface area (Å²) in [4.78, 5) is 0. The lowest BCUT2D eigenvalue weighted by atomic mass is 10.0. The second kappa shape index (κ2) is 29.5. The molecule has 2 aromatic heterocycles. The zero-order valence-corrected chi connectivity index (χ0v) is 35.3. The minimum atomic E-state index is 0.185. The normalized spacial score (nSPS) is 11.4. The Morgan fingerprint density at radius 1 is 0.321 bits per heavy atom. The Hall–Kier alpha value is -3.68. The number of hydrogen-bond acceptors (Lipinski definition) is 8. The summed E-state index contributed by atoms with van der Waals surface area (Å²) in [6.07, 6.45) is 37.9. The molecule has 0 spiro atoms. The largest absolute Gasteiger partial charge is 0.494 e. The van der Waals surface area contributed by atoms with Crippen LogP contribution in [0, 0.1) is 0 Å². The summed E-state index contributed by atoms with van der Waals surface area (Å²) in [7, 11) is 0. The fraction of sp³-hybridized carbons (Fsp3) is 0.667. The van der Waals surface area contributed by atoms with E-state index < -0.39 is 0 Å². The summed E-state index contributed by atoms with van der Waals surface area (Å²) >= 11 is 0. The fourth-order valence-corrected chi connectivity index (χ4v) is 7.21. The van der Waals surface area contributed by atoms with Crippen molar-refractivity contribution in [3.63, 3.8) is 0 Å². The molecule has 0 aliphatic carbocycles. The first kappa shape index (κ1) is 45.0. The molecule has 0 aliphatic rings. The van der Waals surface area contributed by atoms with Crippen LogP contribution in [0.1, 0.15) is 194 Å². The first-order valence-electron chi connectivity index (χ1n) is 22.9. The van der Waals surface area contributed by atoms with Gasteiger partial charge in [0.05, 0.1) is 13.2 Å². The van der Waals surface area contributed by atoms with Crippen LogP contribution in [-0.4, -0.2) is 33.6 Å². The summed E-state index contributed by atoms with van der Waals surface area (Å²) in [5.74, 6) is 2.83. The van der Waals surface area contributed by atoms with E-state index in [1.165, 1.54) is 167 Å². The Morgan fingerprint density at radius 3 is 0.857 bits per heavy atom. The third-order valence-electron chi connectivity index (χ3n) is 10.8. The molecule has 0 bridgehead atoms. The number of unbranched alkanes of at least 4 members (excludes halogenated alkanes) is 26. The van der Waals surface area contributed by atoms with Crippen molar-refractivity contribution in [3.05, 3.63) is 48.5 Å². The quantitative estimate of drug-likeness (QED) is 0.0427. The topological polar surface area (TPSA) is 96.3 Å². The molecule has 310 valence electrons. The minimum absolute atomic E-state index is 0.185. The molecular formula is C48H74N4O4. The van der Waals surface area contributed by atoms with E-state index in [2.05, 4.69) is 34.2 Å². The van der Waals surface area contributed by atoms with E-state index >= 15 is 0 Å². The van der Waals surface area contributed by atoms with Crippen molar-refractivity contribution in [1.82, 2.24) is 20.4 Å². The molecule has 0 aliphatic heterocycles. The maximum atomic E-state index is 5.98. The van der Waals surface area contributed by atoms with E-state index in [0.29, 0.717) is 11.8 Å². The van der Waals surface area contributed by atoms with Crippen molar-refractivity contribution in [1.29, 1.82) is 0 Å². The standard InChI is InChI=1S/C48H74N4O4/c1-3-5-7-9-11-13-15-17-19-21-23-25-27-29-39-53-43-35-31-41(32-36-43)45-49-51-47(55-45)48-52-50-46(56-48)42-33-37-44(38-34-42)54-40-30-28-26-24-22-20-18-16-14-12-10-8-6-4-2/h31-38H,3-30,39-40H2,1-2H3. The number of rotatable bonds is 35. The van der Waals surface area contributed by atoms with Gasteiger partial charge >= 0.3 is 11.8 Å². The lowest BCUT2D eigenvalue weighted by Gasteiger charge is -2.07. The predicted octanol–water partition coefficient (Wildman–Crippen LogP) is 15.2. The molecule has 0 amide bonds. The van der Waals surface area contributed by atoms with Crippen LogP contribution >= 0.6 is 0 Å². The van der Waals surface area contributed by atoms with Gasteiger partial charge in [0.1, 0.15) is 11.5 Å². The molecule has 4 rings (SSSR count). The van der Waals surface area contributed by atoms with Crippen molar-refractivity contribution < 1.29 is 18.3 Å². The molecule has 0 saturated carbocycles. The maximum Gasteiger partial charge on any atom is 0.306 e. The van der Waals surface area contributed by atoms with E-state index in [4.69, 9.17) is 18.3 Å². The summed E-state index contributed by atoms with van der Waals surface area (Å²) in [5, 5.41) is 16.7. The molecule has 8 heteroatoms. The van der Waals surface area contributed by atoms with Crippen LogP contribution in [0.25, 0.3) is 34.7 Å². The number of aromatic nitrogens is 4. The molecule has 0 unspecified atom stereocenters. The highest BCUT2D eigenvalue weighted by atomic mass is 16.5. The molecule has 0 fully saturated rings. The van der Waals surface area contributed by atoms with Crippen LogP contribution in [0.4, 0.5) is 0 Å². The Balaban J connectivity index is 1.03. The van der Waals surface area contributed by atoms with Gasteiger partial charge in [-0.25, -0.2) is 0 Å². The summed E-state index contributed by atoms with van der Waals surface area (Å²) in [6.45, 7) is 6.03. The lowest BCUT2D eigenvalue weighted by molar-refractivity contribution is 0.304. The molecule has 56 heavy (non-hydrogen) atoms. The summed E-state index contributed by atoms with van der Waals surface area (Å²) < 4.78 is 23.8. The molecule has 8 nitrogen and oxygen atoms in total. The first-order chi connectivity index (χ1) is 27.8. The zero-order chi connectivity index (χ0) is 39.1. The van der Waals surface area contributed by atoms with E-state index in [-0.39, 0.29) is 11.8 Å². The van der Waals surface area contributed by atoms with Crippen molar-refractivity contribution in [2.45, 2.75) is 194 Å². The van der Waals surface area contributed by atoms with Gasteiger partial charge in [0.15, 0.2) is 0 Å². The lowest BCUT2D eigenvalue weighted by Crippen LogP contribution is -1.97. The number of nitrogens with zero attached hydrogens (tertiary/aromatic N) is 4. The van der Waals surface area contributed by atoms with E-state index in [1.54, 1.807) is 0 Å². The SMILES string of the molecule is CCCCCCCCCCCCCCCCOc1ccc(-c2nnc(-c3nnc(-c4ccc(OCCCCCCCCCCCCCCCC)cc4)o3)o2)cc1. The number of ether oxygens (including phenoxy) is 2. The summed E-state index contributed by atoms with van der Waals surface area (Å²) in [5.41, 5.74) is 1.61. The van der Waals surface area contributed by atoms with Crippen LogP contribution < -0.4 is 9.47 Å². The Bertz CT molecular complexity index is 1390. The van der Waals surface area contributed by atoms with Crippen LogP contribution in [0.2, 0.25) is 0 Å². The third-order valence-corrected chi connectivity index (χ3v) is 10.8. The molecule has 0 radical (unpaired) electrons. The van der Waals surface area contributed by atoms with Gasteiger partial charge in [0.2, 0.25) is 11.8 Å². The number of hydrogen-bond donors (Lipinski definition) is 0. The van der Waals surface area contributed by atoms with Crippen molar-refractivity contribution in [2.24, 2.45) is 0 Å². The van der Waals surface area contributed by atoms with E-state index in [0.717, 1.165) is 48.7 Å². The molecule has 4 aromatic rings. The van der Waals surface area contributed by atoms with E-state index in [9.17, 15) is 0 Å². The van der Waals surface area contributed by atoms with E-state index in [1.807, 2.05) is 48.5 Å². The van der Waals surface area contributed by atoms with Crippen molar-refractivity contribution >= 4 is 0 Å². The van der Waals surface area contributed by atoms with Crippen LogP contribution in [-0.2, 0) is 0 Å². The molecule has 2 heterocycles. The first-order valence-corrected chi connectivity index (χ1v) is 22.9. The van der Waals surface area contributed by atoms with Gasteiger partial charge in [-0.2, -0.15) is 0 Å². The van der Waals surface area contributed by atoms with Gasteiger partial charge in [0, 0.05) is 11.1 Å². The predicted molar refractivity (Wildman–Crippen MR) is 230 cm³/mol. The monoisotopic (exact) mass is 771 g/mol. The van der Waals surface area contributed by atoms with Gasteiger partial charge in [0.25, 0.3) is 0 Å². The van der Waals surface area contributed by atoms with Gasteiger partial charge < -0.3 is 18.3 Å². The number of benzene rings is 2. The van der Waals surface area contributed by atoms with Crippen molar-refractivity contribution in [2.75, 3.05) is 13.2 Å². The second-order valence-corrected chi connectivity index (χ2v) is 15.8. The minimum Gasteiger partial charge on any atom is -0.494 e. The van der Waals surface area contributed by atoms with Gasteiger partial charge in [-0.15, -0.1) is 20.4 Å². The highest BCUT2D eigenvalue weighted by Gasteiger charge is 2.18. The van der Waals surface area contributed by atoms with Crippen LogP contribution in [0.3, 0.4) is 0 Å². The third kappa shape index (κ3) is 19.0. The van der Waals surface area contributed by atoms with Gasteiger partial charge in [-0.1, -0.05) is 181 Å². The zero-order valence-electron chi connectivity index (χ0n) is 35.3. The van der Waals surface area contributed by atoms with Crippen molar-refractivity contribution in [3.8, 4) is 46.2 Å².